The van der Waals surface area contributed by atoms with Crippen molar-refractivity contribution in [2.75, 3.05) is 6.54 Å². The molecular weight excluding hydrogens is 248 g/mol. The predicted molar refractivity (Wildman–Crippen MR) is 87.0 cm³/mol. The summed E-state index contributed by atoms with van der Waals surface area (Å²) in [6.45, 7) is 6.37. The minimum Gasteiger partial charge on any atom is -0.379 e. The van der Waals surface area contributed by atoms with Crippen LogP contribution in [0.5, 0.6) is 0 Å². The molecule has 0 fully saturated rings. The smallest absolute Gasteiger partial charge is 0.106 e. The van der Waals surface area contributed by atoms with Crippen molar-refractivity contribution in [1.29, 1.82) is 0 Å². The fraction of sp³-hybridized carbons (Fsp3) is 0.824. The summed E-state index contributed by atoms with van der Waals surface area (Å²) in [6.07, 6.45) is 16.7. The zero-order valence-electron chi connectivity index (χ0n) is 13.1. The van der Waals surface area contributed by atoms with E-state index < -0.39 is 0 Å². The lowest BCUT2D eigenvalue weighted by Gasteiger charge is -2.25. The highest BCUT2D eigenvalue weighted by atomic mass is 16.3. The van der Waals surface area contributed by atoms with Gasteiger partial charge in [0.25, 0.3) is 0 Å². The summed E-state index contributed by atoms with van der Waals surface area (Å²) in [5, 5.41) is 9.62. The third-order valence-corrected chi connectivity index (χ3v) is 4.05. The van der Waals surface area contributed by atoms with Gasteiger partial charge in [-0.2, -0.15) is 0 Å². The van der Waals surface area contributed by atoms with Crippen LogP contribution < -0.4 is 0 Å². The van der Waals surface area contributed by atoms with Crippen LogP contribution in [-0.2, 0) is 0 Å². The van der Waals surface area contributed by atoms with Gasteiger partial charge in [-0.25, -0.2) is 0 Å². The zero-order valence-corrected chi connectivity index (χ0v) is 13.1. The summed E-state index contributed by atoms with van der Waals surface area (Å²) in [6, 6.07) is 0. The molecule has 1 heterocycles. The standard InChI is InChI=1S/C17H32N2O/c1-3-4-5-6-7-8-9-10-11-12-13-17-18-14-15-19(17)16(2)20/h3,14,16-17,20H,1,4-13,15H2,2H3. The summed E-state index contributed by atoms with van der Waals surface area (Å²) in [4.78, 5) is 6.50. The quantitative estimate of drug-likeness (QED) is 0.431. The molecule has 2 unspecified atom stereocenters. The van der Waals surface area contributed by atoms with Gasteiger partial charge in [-0.1, -0.05) is 44.6 Å². The lowest BCUT2D eigenvalue weighted by atomic mass is 10.1. The Bertz CT molecular complexity index is 276. The molecule has 3 heteroatoms. The molecule has 0 aromatic rings. The van der Waals surface area contributed by atoms with E-state index in [9.17, 15) is 5.11 Å². The van der Waals surface area contributed by atoms with Crippen LogP contribution in [0, 0.1) is 0 Å². The van der Waals surface area contributed by atoms with Crippen LogP contribution in [-0.4, -0.2) is 35.2 Å². The van der Waals surface area contributed by atoms with Crippen LogP contribution in [0.25, 0.3) is 0 Å². The Kier molecular flexibility index (Phi) is 9.60. The van der Waals surface area contributed by atoms with Gasteiger partial charge in [0.05, 0.1) is 0 Å². The van der Waals surface area contributed by atoms with Gasteiger partial charge in [-0.05, 0) is 32.6 Å². The molecule has 20 heavy (non-hydrogen) atoms. The molecule has 0 radical (unpaired) electrons. The minimum absolute atomic E-state index is 0.217. The molecule has 1 aliphatic rings. The second kappa shape index (κ2) is 11.0. The number of hydrogen-bond acceptors (Lipinski definition) is 3. The second-order valence-corrected chi connectivity index (χ2v) is 5.84. The third kappa shape index (κ3) is 7.20. The van der Waals surface area contributed by atoms with E-state index in [2.05, 4.69) is 16.5 Å². The highest BCUT2D eigenvalue weighted by Gasteiger charge is 2.23. The summed E-state index contributed by atoms with van der Waals surface area (Å²) < 4.78 is 0. The van der Waals surface area contributed by atoms with Crippen LogP contribution in [0.4, 0.5) is 0 Å². The van der Waals surface area contributed by atoms with E-state index in [1.54, 1.807) is 0 Å². The monoisotopic (exact) mass is 280 g/mol. The molecule has 0 spiro atoms. The lowest BCUT2D eigenvalue weighted by Crippen LogP contribution is -2.37. The van der Waals surface area contributed by atoms with Gasteiger partial charge in [0.15, 0.2) is 0 Å². The Hall–Kier alpha value is -0.670. The maximum absolute atomic E-state index is 9.62. The molecule has 0 aromatic carbocycles. The van der Waals surface area contributed by atoms with Crippen molar-refractivity contribution < 1.29 is 5.11 Å². The van der Waals surface area contributed by atoms with E-state index in [0.717, 1.165) is 13.0 Å². The molecule has 2 atom stereocenters. The van der Waals surface area contributed by atoms with E-state index in [0.29, 0.717) is 0 Å². The maximum atomic E-state index is 9.62. The second-order valence-electron chi connectivity index (χ2n) is 5.84. The highest BCUT2D eigenvalue weighted by Crippen LogP contribution is 2.17. The number of aliphatic imine (C=N–C) groups is 1. The number of allylic oxidation sites excluding steroid dienone is 1. The van der Waals surface area contributed by atoms with Crippen LogP contribution in [0.3, 0.4) is 0 Å². The Morgan fingerprint density at radius 2 is 1.80 bits per heavy atom. The summed E-state index contributed by atoms with van der Waals surface area (Å²) in [5.41, 5.74) is 0. The first-order valence-electron chi connectivity index (χ1n) is 8.32. The van der Waals surface area contributed by atoms with Gasteiger partial charge in [0, 0.05) is 12.8 Å². The van der Waals surface area contributed by atoms with E-state index in [1.165, 1.54) is 57.8 Å². The highest BCUT2D eigenvalue weighted by molar-refractivity contribution is 5.62. The van der Waals surface area contributed by atoms with E-state index in [-0.39, 0.29) is 12.4 Å². The van der Waals surface area contributed by atoms with Gasteiger partial charge in [-0.3, -0.25) is 9.89 Å². The first-order chi connectivity index (χ1) is 9.75. The van der Waals surface area contributed by atoms with Crippen molar-refractivity contribution in [2.24, 2.45) is 4.99 Å². The van der Waals surface area contributed by atoms with Crippen molar-refractivity contribution >= 4 is 6.21 Å². The van der Waals surface area contributed by atoms with E-state index >= 15 is 0 Å². The molecule has 0 saturated carbocycles. The largest absolute Gasteiger partial charge is 0.379 e. The molecule has 0 saturated heterocycles. The summed E-state index contributed by atoms with van der Waals surface area (Å²) >= 11 is 0. The number of rotatable bonds is 12. The molecule has 0 amide bonds. The van der Waals surface area contributed by atoms with Crippen LogP contribution in [0.2, 0.25) is 0 Å². The van der Waals surface area contributed by atoms with Gasteiger partial charge in [0.1, 0.15) is 12.4 Å². The van der Waals surface area contributed by atoms with Crippen molar-refractivity contribution in [3.8, 4) is 0 Å². The van der Waals surface area contributed by atoms with Gasteiger partial charge >= 0.3 is 0 Å². The molecule has 0 aliphatic carbocycles. The number of nitrogens with zero attached hydrogens (tertiary/aromatic N) is 2. The summed E-state index contributed by atoms with van der Waals surface area (Å²) in [7, 11) is 0. The Morgan fingerprint density at radius 3 is 2.40 bits per heavy atom. The van der Waals surface area contributed by atoms with Gasteiger partial charge in [-0.15, -0.1) is 6.58 Å². The van der Waals surface area contributed by atoms with Crippen LogP contribution in [0.15, 0.2) is 17.6 Å². The molecular formula is C17H32N2O. The van der Waals surface area contributed by atoms with Crippen molar-refractivity contribution in [1.82, 2.24) is 4.90 Å². The van der Waals surface area contributed by atoms with Gasteiger partial charge in [0.2, 0.25) is 0 Å². The van der Waals surface area contributed by atoms with E-state index in [4.69, 9.17) is 0 Å². The Labute approximate surface area is 124 Å². The normalized spacial score (nSPS) is 20.4. The molecule has 116 valence electrons. The van der Waals surface area contributed by atoms with Crippen molar-refractivity contribution in [3.63, 3.8) is 0 Å². The number of hydrogen-bond donors (Lipinski definition) is 1. The number of unbranched alkanes of at least 4 members (excludes halogenated alkanes) is 8. The van der Waals surface area contributed by atoms with Crippen LogP contribution >= 0.6 is 0 Å². The first kappa shape index (κ1) is 17.4. The molecule has 1 N–H and O–H groups in total. The SMILES string of the molecule is C=CCCCCCCCCCCC1N=CCN1C(C)O. The zero-order chi connectivity index (χ0) is 14.6. The minimum atomic E-state index is -0.377. The number of aliphatic hydroxyl groups is 1. The fourth-order valence-corrected chi connectivity index (χ4v) is 2.79. The number of aliphatic hydroxyl groups excluding tert-OH is 1. The van der Waals surface area contributed by atoms with Crippen molar-refractivity contribution in [2.45, 2.75) is 83.5 Å². The molecule has 1 rings (SSSR count). The average molecular weight is 280 g/mol. The third-order valence-electron chi connectivity index (χ3n) is 4.05. The molecule has 3 nitrogen and oxygen atoms in total. The maximum Gasteiger partial charge on any atom is 0.106 e. The van der Waals surface area contributed by atoms with Crippen LogP contribution in [0.1, 0.15) is 71.1 Å². The Balaban J connectivity index is 1.89. The summed E-state index contributed by atoms with van der Waals surface area (Å²) in [5.74, 6) is 0. The fourth-order valence-electron chi connectivity index (χ4n) is 2.79. The molecule has 0 aromatic heterocycles. The topological polar surface area (TPSA) is 35.8 Å². The predicted octanol–water partition coefficient (Wildman–Crippen LogP) is 4.12. The van der Waals surface area contributed by atoms with Crippen molar-refractivity contribution in [3.05, 3.63) is 12.7 Å². The molecule has 1 aliphatic heterocycles. The van der Waals surface area contributed by atoms with E-state index in [1.807, 2.05) is 19.2 Å². The molecule has 0 bridgehead atoms. The Morgan fingerprint density at radius 1 is 1.20 bits per heavy atom. The first-order valence-corrected chi connectivity index (χ1v) is 8.32. The average Bonchev–Trinajstić information content (AvgIpc) is 2.89. The lowest BCUT2D eigenvalue weighted by molar-refractivity contribution is 0.00710. The van der Waals surface area contributed by atoms with Gasteiger partial charge < -0.3 is 5.11 Å².